The molecule has 10 heteroatoms. The van der Waals surface area contributed by atoms with Gasteiger partial charge in [0, 0.05) is 32.7 Å². The van der Waals surface area contributed by atoms with Crippen LogP contribution in [0.5, 0.6) is 0 Å². The second-order valence-corrected chi connectivity index (χ2v) is 10.5. The van der Waals surface area contributed by atoms with Gasteiger partial charge in [0.25, 0.3) is 0 Å². The first-order valence-corrected chi connectivity index (χ1v) is 13.4. The molecule has 4 rings (SSSR count). The first kappa shape index (κ1) is 27.6. The summed E-state index contributed by atoms with van der Waals surface area (Å²) >= 11 is 0. The molecule has 10 nitrogen and oxygen atoms in total. The lowest BCUT2D eigenvalue weighted by atomic mass is 9.87. The normalized spacial score (nSPS) is 24.1. The van der Waals surface area contributed by atoms with Crippen molar-refractivity contribution in [3.05, 3.63) is 40.5 Å². The molecule has 3 atom stereocenters. The molecular formula is C28H37N5O5. The number of aryl methyl sites for hydroxylation is 2. The molecule has 3 amide bonds. The summed E-state index contributed by atoms with van der Waals surface area (Å²) in [5.74, 6) is -1.78. The van der Waals surface area contributed by atoms with Gasteiger partial charge in [-0.05, 0) is 61.8 Å². The molecule has 0 bridgehead atoms. The van der Waals surface area contributed by atoms with Crippen molar-refractivity contribution in [1.29, 1.82) is 5.26 Å². The molecule has 0 saturated carbocycles. The van der Waals surface area contributed by atoms with Crippen molar-refractivity contribution in [2.24, 2.45) is 5.92 Å². The van der Waals surface area contributed by atoms with Gasteiger partial charge < -0.3 is 19.9 Å². The van der Waals surface area contributed by atoms with Crippen molar-refractivity contribution in [2.75, 3.05) is 32.7 Å². The van der Waals surface area contributed by atoms with Gasteiger partial charge in [-0.2, -0.15) is 5.26 Å². The van der Waals surface area contributed by atoms with Gasteiger partial charge in [-0.15, -0.1) is 0 Å². The van der Waals surface area contributed by atoms with Crippen LogP contribution in [0.3, 0.4) is 0 Å². The first-order valence-electron chi connectivity index (χ1n) is 13.4. The van der Waals surface area contributed by atoms with E-state index >= 15 is 0 Å². The summed E-state index contributed by atoms with van der Waals surface area (Å²) in [7, 11) is 0. The van der Waals surface area contributed by atoms with Gasteiger partial charge in [-0.25, -0.2) is 10.3 Å². The van der Waals surface area contributed by atoms with E-state index in [0.29, 0.717) is 38.2 Å². The fraction of sp³-hybridized carbons (Fsp3) is 0.571. The van der Waals surface area contributed by atoms with E-state index in [0.717, 1.165) is 47.9 Å². The Labute approximate surface area is 223 Å². The van der Waals surface area contributed by atoms with E-state index in [1.54, 1.807) is 15.3 Å². The Balaban J connectivity index is 1.40. The molecular weight excluding hydrogens is 486 g/mol. The lowest BCUT2D eigenvalue weighted by molar-refractivity contribution is -0.145. The highest BCUT2D eigenvalue weighted by Crippen LogP contribution is 2.28. The number of carbonyl (C=O) groups is 3. The van der Waals surface area contributed by atoms with Crippen molar-refractivity contribution in [3.63, 3.8) is 0 Å². The van der Waals surface area contributed by atoms with Crippen LogP contribution in [0.25, 0.3) is 5.57 Å². The minimum atomic E-state index is -0.877. The largest absolute Gasteiger partial charge is 0.445 e. The minimum absolute atomic E-state index is 0.147. The Morgan fingerprint density at radius 3 is 2.34 bits per heavy atom. The number of ether oxygens (including phenoxy) is 1. The van der Waals surface area contributed by atoms with Gasteiger partial charge in [-0.3, -0.25) is 14.8 Å². The number of likely N-dealkylation sites (tertiary alicyclic amines) is 1. The van der Waals surface area contributed by atoms with Gasteiger partial charge in [-0.1, -0.05) is 31.1 Å². The Hall–Kier alpha value is -3.42. The van der Waals surface area contributed by atoms with Gasteiger partial charge >= 0.3 is 6.09 Å². The third kappa shape index (κ3) is 6.17. The number of carbonyl (C=O) groups excluding carboxylic acids is 3. The molecule has 1 aromatic rings. The summed E-state index contributed by atoms with van der Waals surface area (Å²) in [6, 6.07) is 5.43. The molecule has 0 radical (unpaired) electrons. The molecule has 2 fully saturated rings. The number of amides is 3. The summed E-state index contributed by atoms with van der Waals surface area (Å²) in [5, 5.41) is 21.8. The molecule has 0 spiro atoms. The number of hydroxylamine groups is 1. The molecule has 3 unspecified atom stereocenters. The van der Waals surface area contributed by atoms with Gasteiger partial charge in [0.05, 0.1) is 23.6 Å². The average Bonchev–Trinajstić information content (AvgIpc) is 3.22. The zero-order valence-electron chi connectivity index (χ0n) is 22.2. The summed E-state index contributed by atoms with van der Waals surface area (Å²) in [6.45, 7) is 6.30. The number of nitrogens with one attached hydrogen (secondary N) is 2. The summed E-state index contributed by atoms with van der Waals surface area (Å²) < 4.78 is 5.69. The van der Waals surface area contributed by atoms with Gasteiger partial charge in [0.1, 0.15) is 6.10 Å². The summed E-state index contributed by atoms with van der Waals surface area (Å²) in [4.78, 5) is 42.1. The van der Waals surface area contributed by atoms with Crippen LogP contribution >= 0.6 is 0 Å². The lowest BCUT2D eigenvalue weighted by Crippen LogP contribution is -2.60. The van der Waals surface area contributed by atoms with E-state index in [9.17, 15) is 24.9 Å². The third-order valence-corrected chi connectivity index (χ3v) is 7.87. The maximum Gasteiger partial charge on any atom is 0.410 e. The van der Waals surface area contributed by atoms with Crippen LogP contribution in [0.1, 0.15) is 60.8 Å². The van der Waals surface area contributed by atoms with Crippen LogP contribution in [-0.2, 0) is 14.3 Å². The Kier molecular flexibility index (Phi) is 9.02. The predicted octanol–water partition coefficient (Wildman–Crippen LogP) is 2.66. The fourth-order valence-corrected chi connectivity index (χ4v) is 5.72. The lowest BCUT2D eigenvalue weighted by Gasteiger charge is -2.38. The molecule has 0 aromatic heterocycles. The first-order chi connectivity index (χ1) is 18.3. The number of rotatable bonds is 4. The van der Waals surface area contributed by atoms with Crippen LogP contribution in [0.4, 0.5) is 4.79 Å². The zero-order valence-corrected chi connectivity index (χ0v) is 22.2. The van der Waals surface area contributed by atoms with E-state index < -0.39 is 30.1 Å². The van der Waals surface area contributed by atoms with E-state index in [-0.39, 0.29) is 18.9 Å². The minimum Gasteiger partial charge on any atom is -0.445 e. The van der Waals surface area contributed by atoms with Crippen molar-refractivity contribution in [2.45, 2.75) is 64.5 Å². The molecule has 3 aliphatic rings. The monoisotopic (exact) mass is 523 g/mol. The summed E-state index contributed by atoms with van der Waals surface area (Å²) in [5.41, 5.74) is 6.39. The maximum absolute atomic E-state index is 13.5. The van der Waals surface area contributed by atoms with E-state index in [2.05, 4.69) is 11.4 Å². The van der Waals surface area contributed by atoms with Crippen molar-refractivity contribution >= 4 is 23.5 Å². The Morgan fingerprint density at radius 1 is 1.08 bits per heavy atom. The highest BCUT2D eigenvalue weighted by Gasteiger charge is 2.42. The molecule has 3 N–H and O–H groups in total. The molecule has 0 aliphatic carbocycles. The topological polar surface area (TPSA) is 135 Å². The molecule has 3 heterocycles. The number of nitrogens with zero attached hydrogens (tertiary/aromatic N) is 3. The van der Waals surface area contributed by atoms with Gasteiger partial charge in [0.15, 0.2) is 0 Å². The van der Waals surface area contributed by atoms with Crippen LogP contribution in [-0.4, -0.2) is 77.8 Å². The molecule has 3 aliphatic heterocycles. The van der Waals surface area contributed by atoms with E-state index in [4.69, 9.17) is 4.74 Å². The SMILES string of the molecule is Cc1cc(C2=CCN(C(=O)C3NCC(OC(=O)N4CCCCCC4)CC3C(=O)NO)CC2)cc(C)c1C#N. The summed E-state index contributed by atoms with van der Waals surface area (Å²) in [6.07, 6.45) is 5.92. The standard InChI is InChI=1S/C28H37N5O5/c1-18-13-21(14-19(2)24(18)16-29)20-7-11-32(12-8-20)27(35)25-23(26(34)31-37)15-22(17-30-25)38-28(36)33-9-5-3-4-6-10-33/h7,13-14,22-23,25,30,37H,3-6,8-12,15,17H2,1-2H3,(H,31,34). The highest BCUT2D eigenvalue weighted by molar-refractivity contribution is 5.90. The molecule has 204 valence electrons. The zero-order chi connectivity index (χ0) is 27.2. The third-order valence-electron chi connectivity index (χ3n) is 7.87. The molecule has 38 heavy (non-hydrogen) atoms. The van der Waals surface area contributed by atoms with Crippen molar-refractivity contribution < 1.29 is 24.3 Å². The van der Waals surface area contributed by atoms with Crippen LogP contribution < -0.4 is 10.8 Å². The van der Waals surface area contributed by atoms with Crippen molar-refractivity contribution in [3.8, 4) is 6.07 Å². The number of nitriles is 1. The fourth-order valence-electron chi connectivity index (χ4n) is 5.72. The van der Waals surface area contributed by atoms with E-state index in [1.807, 2.05) is 32.1 Å². The van der Waals surface area contributed by atoms with Crippen molar-refractivity contribution in [1.82, 2.24) is 20.6 Å². The van der Waals surface area contributed by atoms with Crippen LogP contribution in [0.2, 0.25) is 0 Å². The Bertz CT molecular complexity index is 1110. The van der Waals surface area contributed by atoms with E-state index in [1.165, 1.54) is 0 Å². The maximum atomic E-state index is 13.5. The van der Waals surface area contributed by atoms with Gasteiger partial charge in [0.2, 0.25) is 11.8 Å². The number of hydrogen-bond donors (Lipinski definition) is 3. The molecule has 2 saturated heterocycles. The predicted molar refractivity (Wildman–Crippen MR) is 140 cm³/mol. The number of hydrogen-bond acceptors (Lipinski definition) is 7. The highest BCUT2D eigenvalue weighted by atomic mass is 16.6. The second-order valence-electron chi connectivity index (χ2n) is 10.5. The number of piperidine rings is 1. The number of benzene rings is 1. The van der Waals surface area contributed by atoms with Crippen LogP contribution in [0.15, 0.2) is 18.2 Å². The van der Waals surface area contributed by atoms with Crippen LogP contribution in [0, 0.1) is 31.1 Å². The Morgan fingerprint density at radius 2 is 1.76 bits per heavy atom. The average molecular weight is 524 g/mol. The molecule has 1 aromatic carbocycles. The second kappa shape index (κ2) is 12.4. The smallest absolute Gasteiger partial charge is 0.410 e. The quantitative estimate of drug-likeness (QED) is 0.408.